The van der Waals surface area contributed by atoms with Crippen LogP contribution >= 0.6 is 11.3 Å². The van der Waals surface area contributed by atoms with E-state index in [1.807, 2.05) is 7.05 Å². The van der Waals surface area contributed by atoms with Gasteiger partial charge in [0.2, 0.25) is 0 Å². The summed E-state index contributed by atoms with van der Waals surface area (Å²) in [6.07, 6.45) is 4.27. The predicted molar refractivity (Wildman–Crippen MR) is 123 cm³/mol. The van der Waals surface area contributed by atoms with E-state index in [0.29, 0.717) is 28.7 Å². The molecule has 31 heavy (non-hydrogen) atoms. The summed E-state index contributed by atoms with van der Waals surface area (Å²) in [5, 5.41) is 8.17. The standard InChI is InChI=1S/C22H24N6O2S/c1-27-11-9-16(13-27)28(2)22-26-19(14-31-22)21(30)25-18-8-4-3-7-17(18)20(29)24-15-6-5-10-23-12-15/h3-8,10,12,14,16H,9,11,13H2,1-2H3,(H,24,29)(H,25,30)/t16-/m1/s1. The van der Waals surface area contributed by atoms with Crippen molar-refractivity contribution in [1.29, 1.82) is 0 Å². The van der Waals surface area contributed by atoms with Crippen LogP contribution in [-0.2, 0) is 0 Å². The number of likely N-dealkylation sites (tertiary alicyclic amines) is 1. The zero-order chi connectivity index (χ0) is 21.8. The largest absolute Gasteiger partial charge is 0.347 e. The van der Waals surface area contributed by atoms with Gasteiger partial charge in [-0.1, -0.05) is 12.1 Å². The molecule has 1 fully saturated rings. The number of anilines is 3. The lowest BCUT2D eigenvalue weighted by molar-refractivity contribution is 0.102. The number of hydrogen-bond acceptors (Lipinski definition) is 7. The summed E-state index contributed by atoms with van der Waals surface area (Å²) in [6.45, 7) is 2.04. The van der Waals surface area contributed by atoms with Gasteiger partial charge in [0.1, 0.15) is 5.69 Å². The van der Waals surface area contributed by atoms with Crippen LogP contribution in [0.1, 0.15) is 27.3 Å². The molecule has 1 aliphatic heterocycles. The molecule has 9 heteroatoms. The summed E-state index contributed by atoms with van der Waals surface area (Å²) in [6, 6.07) is 10.8. The summed E-state index contributed by atoms with van der Waals surface area (Å²) in [4.78, 5) is 38.5. The maximum atomic E-state index is 12.8. The first-order chi connectivity index (χ1) is 15.0. The number of carbonyl (C=O) groups is 2. The van der Waals surface area contributed by atoms with Crippen LogP contribution in [0.4, 0.5) is 16.5 Å². The van der Waals surface area contributed by atoms with Crippen molar-refractivity contribution in [3.8, 4) is 0 Å². The fourth-order valence-corrected chi connectivity index (χ4v) is 4.37. The van der Waals surface area contributed by atoms with Crippen molar-refractivity contribution < 1.29 is 9.59 Å². The second kappa shape index (κ2) is 9.23. The van der Waals surface area contributed by atoms with Crippen LogP contribution in [-0.4, -0.2) is 59.9 Å². The number of carbonyl (C=O) groups excluding carboxylic acids is 2. The minimum absolute atomic E-state index is 0.326. The van der Waals surface area contributed by atoms with Crippen molar-refractivity contribution in [2.45, 2.75) is 12.5 Å². The van der Waals surface area contributed by atoms with Gasteiger partial charge < -0.3 is 20.4 Å². The van der Waals surface area contributed by atoms with E-state index >= 15 is 0 Å². The molecule has 0 radical (unpaired) electrons. The van der Waals surface area contributed by atoms with Crippen LogP contribution in [0.2, 0.25) is 0 Å². The minimum atomic E-state index is -0.346. The normalized spacial score (nSPS) is 16.1. The highest BCUT2D eigenvalue weighted by molar-refractivity contribution is 7.14. The van der Waals surface area contributed by atoms with Crippen LogP contribution in [0.3, 0.4) is 0 Å². The Bertz CT molecular complexity index is 1070. The molecule has 0 bridgehead atoms. The van der Waals surface area contributed by atoms with Crippen molar-refractivity contribution >= 4 is 39.7 Å². The molecule has 2 N–H and O–H groups in total. The molecule has 0 saturated carbocycles. The van der Waals surface area contributed by atoms with Gasteiger partial charge in [-0.3, -0.25) is 14.6 Å². The second-order valence-electron chi connectivity index (χ2n) is 7.53. The highest BCUT2D eigenvalue weighted by atomic mass is 32.1. The van der Waals surface area contributed by atoms with Crippen molar-refractivity contribution in [1.82, 2.24) is 14.9 Å². The van der Waals surface area contributed by atoms with Gasteiger partial charge >= 0.3 is 0 Å². The molecule has 1 atom stereocenters. The molecule has 1 aromatic carbocycles. The van der Waals surface area contributed by atoms with E-state index in [4.69, 9.17) is 0 Å². The maximum absolute atomic E-state index is 12.8. The van der Waals surface area contributed by atoms with E-state index in [9.17, 15) is 9.59 Å². The van der Waals surface area contributed by atoms with Crippen molar-refractivity contribution in [3.63, 3.8) is 0 Å². The number of benzene rings is 1. The SMILES string of the molecule is CN1CC[C@@H](N(C)c2nc(C(=O)Nc3ccccc3C(=O)Nc3cccnc3)cs2)C1. The fourth-order valence-electron chi connectivity index (χ4n) is 3.53. The molecule has 160 valence electrons. The Hall–Kier alpha value is -3.30. The molecule has 3 heterocycles. The van der Waals surface area contributed by atoms with Crippen LogP contribution in [0.5, 0.6) is 0 Å². The van der Waals surface area contributed by atoms with Crippen LogP contribution < -0.4 is 15.5 Å². The average Bonchev–Trinajstić information content (AvgIpc) is 3.44. The zero-order valence-corrected chi connectivity index (χ0v) is 18.2. The average molecular weight is 437 g/mol. The highest BCUT2D eigenvalue weighted by Crippen LogP contribution is 2.25. The second-order valence-corrected chi connectivity index (χ2v) is 8.36. The van der Waals surface area contributed by atoms with Gasteiger partial charge in [0, 0.05) is 31.2 Å². The Labute approximate surface area is 184 Å². The maximum Gasteiger partial charge on any atom is 0.275 e. The van der Waals surface area contributed by atoms with Gasteiger partial charge in [-0.25, -0.2) is 4.98 Å². The van der Waals surface area contributed by atoms with Crippen LogP contribution in [0, 0.1) is 0 Å². The molecule has 4 rings (SSSR count). The number of amides is 2. The van der Waals surface area contributed by atoms with E-state index in [0.717, 1.165) is 24.6 Å². The molecule has 0 spiro atoms. The molecular formula is C22H24N6O2S. The highest BCUT2D eigenvalue weighted by Gasteiger charge is 2.26. The Balaban J connectivity index is 1.46. The zero-order valence-electron chi connectivity index (χ0n) is 17.4. The Kier molecular flexibility index (Phi) is 6.24. The summed E-state index contributed by atoms with van der Waals surface area (Å²) in [5.74, 6) is -0.672. The predicted octanol–water partition coefficient (Wildman–Crippen LogP) is 3.18. The topological polar surface area (TPSA) is 90.5 Å². The van der Waals surface area contributed by atoms with Crippen molar-refractivity contribution in [2.75, 3.05) is 42.7 Å². The fraction of sp³-hybridized carbons (Fsp3) is 0.273. The van der Waals surface area contributed by atoms with Gasteiger partial charge in [-0.15, -0.1) is 11.3 Å². The Morgan fingerprint density at radius 3 is 2.74 bits per heavy atom. The van der Waals surface area contributed by atoms with E-state index < -0.39 is 0 Å². The van der Waals surface area contributed by atoms with E-state index in [2.05, 4.69) is 37.4 Å². The van der Waals surface area contributed by atoms with E-state index in [1.165, 1.54) is 11.3 Å². The Morgan fingerprint density at radius 1 is 1.16 bits per heavy atom. The minimum Gasteiger partial charge on any atom is -0.347 e. The molecule has 3 aromatic rings. The number of para-hydroxylation sites is 1. The van der Waals surface area contributed by atoms with E-state index in [1.54, 1.807) is 54.2 Å². The van der Waals surface area contributed by atoms with Gasteiger partial charge in [0.05, 0.1) is 23.1 Å². The number of pyridine rings is 1. The van der Waals surface area contributed by atoms with Gasteiger partial charge in [-0.05, 0) is 44.3 Å². The lowest BCUT2D eigenvalue weighted by Gasteiger charge is -2.23. The molecule has 2 aromatic heterocycles. The third kappa shape index (κ3) is 4.89. The number of hydrogen-bond donors (Lipinski definition) is 2. The molecule has 8 nitrogen and oxygen atoms in total. The number of nitrogens with zero attached hydrogens (tertiary/aromatic N) is 4. The number of thiazole rings is 1. The van der Waals surface area contributed by atoms with Crippen LogP contribution in [0.25, 0.3) is 0 Å². The quantitative estimate of drug-likeness (QED) is 0.617. The summed E-state index contributed by atoms with van der Waals surface area (Å²) in [7, 11) is 4.12. The third-order valence-corrected chi connectivity index (χ3v) is 6.21. The molecule has 2 amide bonds. The monoisotopic (exact) mass is 436 g/mol. The van der Waals surface area contributed by atoms with Gasteiger partial charge in [0.15, 0.2) is 5.13 Å². The number of likely N-dealkylation sites (N-methyl/N-ethyl adjacent to an activating group) is 2. The lowest BCUT2D eigenvalue weighted by atomic mass is 10.1. The summed E-state index contributed by atoms with van der Waals surface area (Å²) in [5.41, 5.74) is 1.70. The van der Waals surface area contributed by atoms with Gasteiger partial charge in [0.25, 0.3) is 11.8 Å². The van der Waals surface area contributed by atoms with Crippen molar-refractivity contribution in [3.05, 3.63) is 65.4 Å². The molecule has 0 unspecified atom stereocenters. The molecule has 1 saturated heterocycles. The first-order valence-electron chi connectivity index (χ1n) is 10.00. The number of aromatic nitrogens is 2. The van der Waals surface area contributed by atoms with Gasteiger partial charge in [-0.2, -0.15) is 0 Å². The molecule has 1 aliphatic rings. The first-order valence-corrected chi connectivity index (χ1v) is 10.9. The third-order valence-electron chi connectivity index (χ3n) is 5.28. The smallest absolute Gasteiger partial charge is 0.275 e. The Morgan fingerprint density at radius 2 is 2.00 bits per heavy atom. The van der Waals surface area contributed by atoms with E-state index in [-0.39, 0.29) is 11.8 Å². The first kappa shape index (κ1) is 21.0. The van der Waals surface area contributed by atoms with Crippen molar-refractivity contribution in [2.24, 2.45) is 0 Å². The lowest BCUT2D eigenvalue weighted by Crippen LogP contribution is -2.33. The number of nitrogens with one attached hydrogen (secondary N) is 2. The molecule has 0 aliphatic carbocycles. The number of rotatable bonds is 6. The summed E-state index contributed by atoms with van der Waals surface area (Å²) >= 11 is 1.45. The summed E-state index contributed by atoms with van der Waals surface area (Å²) < 4.78 is 0. The van der Waals surface area contributed by atoms with Crippen LogP contribution in [0.15, 0.2) is 54.2 Å². The molecular weight excluding hydrogens is 412 g/mol.